The van der Waals surface area contributed by atoms with Crippen LogP contribution in [0.15, 0.2) is 67.3 Å². The van der Waals surface area contributed by atoms with E-state index in [9.17, 15) is 4.79 Å². The van der Waals surface area contributed by atoms with E-state index in [2.05, 4.69) is 10.4 Å². The predicted octanol–water partition coefficient (Wildman–Crippen LogP) is 2.16. The molecule has 0 spiro atoms. The number of rotatable bonds is 6. The lowest BCUT2D eigenvalue weighted by Crippen LogP contribution is -2.26. The van der Waals surface area contributed by atoms with Crippen LogP contribution in [-0.4, -0.2) is 26.8 Å². The number of benzene rings is 1. The zero-order valence-corrected chi connectivity index (χ0v) is 12.2. The van der Waals surface area contributed by atoms with Crippen molar-refractivity contribution in [2.45, 2.75) is 13.1 Å². The molecule has 1 N–H and O–H groups in total. The molecule has 0 fully saturated rings. The van der Waals surface area contributed by atoms with Crippen LogP contribution in [0.25, 0.3) is 0 Å². The van der Waals surface area contributed by atoms with Gasteiger partial charge in [-0.2, -0.15) is 5.10 Å². The third-order valence-electron chi connectivity index (χ3n) is 3.40. The van der Waals surface area contributed by atoms with Gasteiger partial charge < -0.3 is 9.88 Å². The van der Waals surface area contributed by atoms with Crippen LogP contribution in [0, 0.1) is 0 Å². The van der Waals surface area contributed by atoms with Gasteiger partial charge in [-0.3, -0.25) is 9.48 Å². The molecule has 1 amide bonds. The average molecular weight is 294 g/mol. The molecule has 2 aromatic heterocycles. The second kappa shape index (κ2) is 6.76. The van der Waals surface area contributed by atoms with Crippen LogP contribution in [-0.2, 0) is 13.1 Å². The summed E-state index contributed by atoms with van der Waals surface area (Å²) in [4.78, 5) is 12.1. The quantitative estimate of drug-likeness (QED) is 0.757. The number of carbonyl (C=O) groups is 1. The van der Waals surface area contributed by atoms with Crippen molar-refractivity contribution >= 4 is 5.91 Å². The van der Waals surface area contributed by atoms with Gasteiger partial charge in [-0.05, 0) is 17.7 Å². The highest BCUT2D eigenvalue weighted by molar-refractivity contribution is 5.93. The molecule has 2 heterocycles. The molecule has 22 heavy (non-hydrogen) atoms. The molecule has 5 nitrogen and oxygen atoms in total. The predicted molar refractivity (Wildman–Crippen MR) is 84.5 cm³/mol. The maximum atomic E-state index is 12.1. The van der Waals surface area contributed by atoms with Gasteiger partial charge >= 0.3 is 0 Å². The molecule has 0 radical (unpaired) electrons. The smallest absolute Gasteiger partial charge is 0.254 e. The molecule has 5 heteroatoms. The Bertz CT molecular complexity index is 716. The van der Waals surface area contributed by atoms with Gasteiger partial charge in [-0.25, -0.2) is 0 Å². The van der Waals surface area contributed by atoms with Crippen molar-refractivity contribution in [2.75, 3.05) is 6.54 Å². The van der Waals surface area contributed by atoms with Gasteiger partial charge in [0, 0.05) is 31.7 Å². The van der Waals surface area contributed by atoms with E-state index >= 15 is 0 Å². The van der Waals surface area contributed by atoms with Crippen LogP contribution < -0.4 is 5.32 Å². The highest BCUT2D eigenvalue weighted by Gasteiger charge is 2.08. The van der Waals surface area contributed by atoms with E-state index in [4.69, 9.17) is 0 Å². The first-order valence-corrected chi connectivity index (χ1v) is 7.26. The van der Waals surface area contributed by atoms with Crippen LogP contribution in [0.2, 0.25) is 0 Å². The van der Waals surface area contributed by atoms with E-state index in [-0.39, 0.29) is 5.91 Å². The second-order valence-corrected chi connectivity index (χ2v) is 5.09. The topological polar surface area (TPSA) is 51.9 Å². The van der Waals surface area contributed by atoms with Crippen LogP contribution in [0.1, 0.15) is 15.9 Å². The zero-order chi connectivity index (χ0) is 15.2. The molecule has 3 rings (SSSR count). The molecule has 0 saturated carbocycles. The third kappa shape index (κ3) is 3.63. The van der Waals surface area contributed by atoms with Crippen molar-refractivity contribution in [3.05, 3.63) is 78.4 Å². The van der Waals surface area contributed by atoms with E-state index in [1.807, 2.05) is 59.4 Å². The van der Waals surface area contributed by atoms with Crippen LogP contribution in [0.3, 0.4) is 0 Å². The standard InChI is InChI=1S/C17H18N4O/c22-17(18-8-11-20-9-4-5-10-20)16-12-19-21(14-16)13-15-6-2-1-3-7-15/h1-7,9-10,12,14H,8,11,13H2,(H,18,22). The van der Waals surface area contributed by atoms with E-state index in [0.717, 1.165) is 12.1 Å². The monoisotopic (exact) mass is 294 g/mol. The Hall–Kier alpha value is -2.82. The molecular weight excluding hydrogens is 276 g/mol. The summed E-state index contributed by atoms with van der Waals surface area (Å²) in [5.74, 6) is -0.0912. The average Bonchev–Trinajstić information content (AvgIpc) is 3.20. The summed E-state index contributed by atoms with van der Waals surface area (Å²) in [6.07, 6.45) is 7.33. The van der Waals surface area contributed by atoms with Crippen molar-refractivity contribution in [3.63, 3.8) is 0 Å². The molecule has 0 bridgehead atoms. The molecule has 0 unspecified atom stereocenters. The SMILES string of the molecule is O=C(NCCn1cccc1)c1cnn(Cc2ccccc2)c1. The molecule has 3 aromatic rings. The Kier molecular flexibility index (Phi) is 4.34. The summed E-state index contributed by atoms with van der Waals surface area (Å²) < 4.78 is 3.80. The molecule has 0 saturated heterocycles. The lowest BCUT2D eigenvalue weighted by Gasteiger charge is -2.04. The number of hydrogen-bond donors (Lipinski definition) is 1. The minimum absolute atomic E-state index is 0.0912. The van der Waals surface area contributed by atoms with Crippen molar-refractivity contribution in [3.8, 4) is 0 Å². The van der Waals surface area contributed by atoms with Gasteiger partial charge in [0.25, 0.3) is 5.91 Å². The highest BCUT2D eigenvalue weighted by atomic mass is 16.1. The van der Waals surface area contributed by atoms with E-state index in [1.54, 1.807) is 17.1 Å². The molecular formula is C17H18N4O. The van der Waals surface area contributed by atoms with Gasteiger partial charge in [0.1, 0.15) is 0 Å². The molecule has 112 valence electrons. The van der Waals surface area contributed by atoms with Gasteiger partial charge in [-0.15, -0.1) is 0 Å². The number of nitrogens with zero attached hydrogens (tertiary/aromatic N) is 3. The Morgan fingerprint density at radius 1 is 1.09 bits per heavy atom. The minimum atomic E-state index is -0.0912. The van der Waals surface area contributed by atoms with Crippen molar-refractivity contribution in [2.24, 2.45) is 0 Å². The molecule has 1 aromatic carbocycles. The van der Waals surface area contributed by atoms with Crippen LogP contribution >= 0.6 is 0 Å². The van der Waals surface area contributed by atoms with Crippen LogP contribution in [0.4, 0.5) is 0 Å². The summed E-state index contributed by atoms with van der Waals surface area (Å²) in [5, 5.41) is 7.14. The number of aromatic nitrogens is 3. The number of carbonyl (C=O) groups excluding carboxylic acids is 1. The summed E-state index contributed by atoms with van der Waals surface area (Å²) in [6, 6.07) is 14.0. The Labute approximate surface area is 129 Å². The molecule has 0 aliphatic heterocycles. The normalized spacial score (nSPS) is 10.5. The van der Waals surface area contributed by atoms with Gasteiger partial charge in [0.2, 0.25) is 0 Å². The summed E-state index contributed by atoms with van der Waals surface area (Å²) in [6.45, 7) is 2.02. The number of hydrogen-bond acceptors (Lipinski definition) is 2. The summed E-state index contributed by atoms with van der Waals surface area (Å²) >= 11 is 0. The maximum absolute atomic E-state index is 12.1. The fourth-order valence-electron chi connectivity index (χ4n) is 2.26. The van der Waals surface area contributed by atoms with Crippen molar-refractivity contribution in [1.82, 2.24) is 19.7 Å². The van der Waals surface area contributed by atoms with E-state index in [0.29, 0.717) is 18.7 Å². The largest absolute Gasteiger partial charge is 0.353 e. The second-order valence-electron chi connectivity index (χ2n) is 5.09. The minimum Gasteiger partial charge on any atom is -0.353 e. The Morgan fingerprint density at radius 2 is 1.86 bits per heavy atom. The fraction of sp³-hybridized carbons (Fsp3) is 0.176. The Balaban J connectivity index is 1.53. The number of nitrogens with one attached hydrogen (secondary N) is 1. The summed E-state index contributed by atoms with van der Waals surface area (Å²) in [5.41, 5.74) is 1.74. The van der Waals surface area contributed by atoms with Gasteiger partial charge in [0.05, 0.1) is 18.3 Å². The first-order chi connectivity index (χ1) is 10.8. The molecule has 0 atom stereocenters. The first-order valence-electron chi connectivity index (χ1n) is 7.26. The lowest BCUT2D eigenvalue weighted by molar-refractivity contribution is 0.0952. The van der Waals surface area contributed by atoms with Crippen LogP contribution in [0.5, 0.6) is 0 Å². The van der Waals surface area contributed by atoms with Crippen molar-refractivity contribution in [1.29, 1.82) is 0 Å². The zero-order valence-electron chi connectivity index (χ0n) is 12.2. The van der Waals surface area contributed by atoms with Gasteiger partial charge in [-0.1, -0.05) is 30.3 Å². The van der Waals surface area contributed by atoms with Crippen molar-refractivity contribution < 1.29 is 4.79 Å². The summed E-state index contributed by atoms with van der Waals surface area (Å²) in [7, 11) is 0. The van der Waals surface area contributed by atoms with Gasteiger partial charge in [0.15, 0.2) is 0 Å². The third-order valence-corrected chi connectivity index (χ3v) is 3.40. The highest BCUT2D eigenvalue weighted by Crippen LogP contribution is 2.04. The Morgan fingerprint density at radius 3 is 2.64 bits per heavy atom. The maximum Gasteiger partial charge on any atom is 0.254 e. The number of amides is 1. The molecule has 0 aliphatic carbocycles. The van der Waals surface area contributed by atoms with E-state index in [1.165, 1.54) is 0 Å². The molecule has 0 aliphatic rings. The first kappa shape index (κ1) is 14.1. The van der Waals surface area contributed by atoms with E-state index < -0.39 is 0 Å². The lowest BCUT2D eigenvalue weighted by atomic mass is 10.2. The fourth-order valence-corrected chi connectivity index (χ4v) is 2.26.